The topological polar surface area (TPSA) is 108 Å². The number of halogens is 1. The average molecular weight is 471 g/mol. The third kappa shape index (κ3) is 5.22. The van der Waals surface area contributed by atoms with E-state index in [1.165, 1.54) is 30.7 Å². The van der Waals surface area contributed by atoms with Gasteiger partial charge in [-0.15, -0.1) is 0 Å². The minimum Gasteiger partial charge on any atom is -0.376 e. The first kappa shape index (κ1) is 23.6. The predicted molar refractivity (Wildman–Crippen MR) is 114 cm³/mol. The molecule has 2 aromatic rings. The largest absolute Gasteiger partial charge is 0.376 e. The van der Waals surface area contributed by atoms with Crippen LogP contribution in [0.3, 0.4) is 0 Å². The summed E-state index contributed by atoms with van der Waals surface area (Å²) in [6.07, 6.45) is -0.795. The van der Waals surface area contributed by atoms with E-state index in [-0.39, 0.29) is 29.6 Å². The molecule has 0 aromatic heterocycles. The molecule has 11 heteroatoms. The summed E-state index contributed by atoms with van der Waals surface area (Å²) in [6, 6.07) is 10.3. The van der Waals surface area contributed by atoms with Gasteiger partial charge in [0, 0.05) is 43.8 Å². The monoisotopic (exact) mass is 470 g/mol. The lowest BCUT2D eigenvalue weighted by atomic mass is 9.93. The quantitative estimate of drug-likeness (QED) is 0.314. The van der Waals surface area contributed by atoms with Crippen LogP contribution in [-0.2, 0) is 30.8 Å². The number of methoxy groups -OCH3 is 2. The molecule has 1 heterocycles. The van der Waals surface area contributed by atoms with Crippen LogP contribution in [0.5, 0.6) is 0 Å². The summed E-state index contributed by atoms with van der Waals surface area (Å²) in [4.78, 5) is 10.3. The number of hydrogen-bond acceptors (Lipinski definition) is 7. The summed E-state index contributed by atoms with van der Waals surface area (Å²) in [5.74, 6) is -0.260. The molecule has 1 unspecified atom stereocenters. The molecule has 2 aromatic carbocycles. The third-order valence-corrected chi connectivity index (χ3v) is 7.35. The standard InChI is InChI=1S/C20H23ClN2O7S/c1-28-20(29-2)11-22(31(26,27)16-8-6-15(7-9-16)23(24)25)10-14-12-30-13-18-17(14)4-3-5-19(18)21/h3-9,14,20H,10-13H2,1-2H3. The Morgan fingerprint density at radius 3 is 2.52 bits per heavy atom. The van der Waals surface area contributed by atoms with Gasteiger partial charge in [0.15, 0.2) is 6.29 Å². The minimum atomic E-state index is -4.01. The lowest BCUT2D eigenvalue weighted by Gasteiger charge is -2.32. The summed E-state index contributed by atoms with van der Waals surface area (Å²) in [5, 5.41) is 11.5. The second kappa shape index (κ2) is 10.0. The molecule has 0 fully saturated rings. The average Bonchev–Trinajstić information content (AvgIpc) is 2.77. The molecular weight excluding hydrogens is 448 g/mol. The van der Waals surface area contributed by atoms with E-state index in [2.05, 4.69) is 0 Å². The molecule has 0 saturated carbocycles. The number of ether oxygens (including phenoxy) is 3. The van der Waals surface area contributed by atoms with Crippen molar-refractivity contribution in [1.29, 1.82) is 0 Å². The van der Waals surface area contributed by atoms with Gasteiger partial charge in [-0.2, -0.15) is 4.31 Å². The van der Waals surface area contributed by atoms with Crippen molar-refractivity contribution >= 4 is 27.3 Å². The van der Waals surface area contributed by atoms with Crippen LogP contribution in [0.25, 0.3) is 0 Å². The highest BCUT2D eigenvalue weighted by Gasteiger charge is 2.33. The van der Waals surface area contributed by atoms with Crippen molar-refractivity contribution < 1.29 is 27.6 Å². The zero-order valence-electron chi connectivity index (χ0n) is 17.1. The van der Waals surface area contributed by atoms with Crippen LogP contribution in [0.2, 0.25) is 5.02 Å². The molecule has 168 valence electrons. The normalized spacial score (nSPS) is 16.5. The van der Waals surface area contributed by atoms with Crippen molar-refractivity contribution in [3.63, 3.8) is 0 Å². The van der Waals surface area contributed by atoms with Gasteiger partial charge in [0.1, 0.15) is 0 Å². The Hall–Kier alpha value is -2.08. The fourth-order valence-corrected chi connectivity index (χ4v) is 5.18. The molecule has 9 nitrogen and oxygen atoms in total. The Kier molecular flexibility index (Phi) is 7.63. The van der Waals surface area contributed by atoms with Gasteiger partial charge in [-0.05, 0) is 29.3 Å². The fourth-order valence-electron chi connectivity index (χ4n) is 3.47. The Bertz CT molecular complexity index is 1030. The molecule has 0 saturated heterocycles. The number of nitro benzene ring substituents is 1. The van der Waals surface area contributed by atoms with Crippen LogP contribution in [-0.4, -0.2) is 57.9 Å². The first-order chi connectivity index (χ1) is 14.8. The van der Waals surface area contributed by atoms with E-state index in [1.807, 2.05) is 12.1 Å². The first-order valence-electron chi connectivity index (χ1n) is 9.43. The van der Waals surface area contributed by atoms with Gasteiger partial charge >= 0.3 is 0 Å². The van der Waals surface area contributed by atoms with Gasteiger partial charge in [-0.3, -0.25) is 10.1 Å². The van der Waals surface area contributed by atoms with Gasteiger partial charge in [0.2, 0.25) is 10.0 Å². The van der Waals surface area contributed by atoms with Gasteiger partial charge in [-0.1, -0.05) is 23.7 Å². The van der Waals surface area contributed by atoms with E-state index in [0.29, 0.717) is 18.2 Å². The van der Waals surface area contributed by atoms with Crippen molar-refractivity contribution in [1.82, 2.24) is 4.31 Å². The van der Waals surface area contributed by atoms with E-state index in [4.69, 9.17) is 25.8 Å². The van der Waals surface area contributed by atoms with Crippen LogP contribution >= 0.6 is 11.6 Å². The van der Waals surface area contributed by atoms with Crippen molar-refractivity contribution in [2.45, 2.75) is 23.7 Å². The third-order valence-electron chi connectivity index (χ3n) is 5.15. The number of non-ortho nitro benzene ring substituents is 1. The van der Waals surface area contributed by atoms with Crippen LogP contribution in [0.1, 0.15) is 17.0 Å². The van der Waals surface area contributed by atoms with Crippen LogP contribution < -0.4 is 0 Å². The van der Waals surface area contributed by atoms with E-state index in [9.17, 15) is 18.5 Å². The van der Waals surface area contributed by atoms with E-state index >= 15 is 0 Å². The van der Waals surface area contributed by atoms with Gasteiger partial charge < -0.3 is 14.2 Å². The molecule has 0 bridgehead atoms. The zero-order chi connectivity index (χ0) is 22.6. The summed E-state index contributed by atoms with van der Waals surface area (Å²) < 4.78 is 44.2. The van der Waals surface area contributed by atoms with Gasteiger partial charge in [0.25, 0.3) is 5.69 Å². The number of hydrogen-bond donors (Lipinski definition) is 0. The smallest absolute Gasteiger partial charge is 0.269 e. The lowest BCUT2D eigenvalue weighted by Crippen LogP contribution is -2.42. The maximum Gasteiger partial charge on any atom is 0.269 e. The molecule has 0 radical (unpaired) electrons. The maximum atomic E-state index is 13.4. The van der Waals surface area contributed by atoms with Crippen LogP contribution in [0, 0.1) is 10.1 Å². The van der Waals surface area contributed by atoms with Crippen molar-refractivity contribution in [3.8, 4) is 0 Å². The Balaban J connectivity index is 1.95. The second-order valence-corrected chi connectivity index (χ2v) is 9.34. The molecule has 1 atom stereocenters. The number of rotatable bonds is 9. The fraction of sp³-hybridized carbons (Fsp3) is 0.400. The number of nitrogens with zero attached hydrogens (tertiary/aromatic N) is 2. The molecule has 0 amide bonds. The summed E-state index contributed by atoms with van der Waals surface area (Å²) >= 11 is 6.29. The van der Waals surface area contributed by atoms with Crippen molar-refractivity contribution in [2.24, 2.45) is 0 Å². The number of fused-ring (bicyclic) bond motifs is 1. The highest BCUT2D eigenvalue weighted by Crippen LogP contribution is 2.33. The number of sulfonamides is 1. The van der Waals surface area contributed by atoms with E-state index < -0.39 is 21.2 Å². The van der Waals surface area contributed by atoms with Crippen LogP contribution in [0.15, 0.2) is 47.4 Å². The van der Waals surface area contributed by atoms with Crippen LogP contribution in [0.4, 0.5) is 5.69 Å². The summed E-state index contributed by atoms with van der Waals surface area (Å²) in [6.45, 7) is 0.707. The van der Waals surface area contributed by atoms with Crippen molar-refractivity contribution in [3.05, 3.63) is 68.7 Å². The molecule has 1 aliphatic rings. The molecule has 31 heavy (non-hydrogen) atoms. The number of benzene rings is 2. The first-order valence-corrected chi connectivity index (χ1v) is 11.2. The zero-order valence-corrected chi connectivity index (χ0v) is 18.6. The second-order valence-electron chi connectivity index (χ2n) is 6.99. The SMILES string of the molecule is COC(CN(CC1COCc2c(Cl)cccc21)S(=O)(=O)c1ccc([N+](=O)[O-])cc1)OC. The van der Waals surface area contributed by atoms with E-state index in [0.717, 1.165) is 23.3 Å². The summed E-state index contributed by atoms with van der Waals surface area (Å²) in [7, 11) is -1.17. The van der Waals surface area contributed by atoms with Gasteiger partial charge in [-0.25, -0.2) is 8.42 Å². The Morgan fingerprint density at radius 1 is 1.23 bits per heavy atom. The molecule has 0 spiro atoms. The highest BCUT2D eigenvalue weighted by atomic mass is 35.5. The number of nitro groups is 1. The molecule has 1 aliphatic heterocycles. The molecule has 0 aliphatic carbocycles. The van der Waals surface area contributed by atoms with E-state index in [1.54, 1.807) is 6.07 Å². The summed E-state index contributed by atoms with van der Waals surface area (Å²) in [5.41, 5.74) is 1.57. The maximum absolute atomic E-state index is 13.4. The predicted octanol–water partition coefficient (Wildman–Crippen LogP) is 3.17. The van der Waals surface area contributed by atoms with Gasteiger partial charge in [0.05, 0.1) is 29.6 Å². The van der Waals surface area contributed by atoms with Crippen molar-refractivity contribution in [2.75, 3.05) is 33.9 Å². The molecule has 0 N–H and O–H groups in total. The molecular formula is C20H23ClN2O7S. The minimum absolute atomic E-state index is 0.0629. The highest BCUT2D eigenvalue weighted by molar-refractivity contribution is 7.89. The molecule has 3 rings (SSSR count). The Labute approximate surface area is 185 Å². The Morgan fingerprint density at radius 2 is 1.90 bits per heavy atom. The lowest BCUT2D eigenvalue weighted by molar-refractivity contribution is -0.384.